The fraction of sp³-hybridized carbons (Fsp3) is 0.0476. The quantitative estimate of drug-likeness (QED) is 0.491. The lowest BCUT2D eigenvalue weighted by Crippen LogP contribution is -2.19. The molecule has 5 heteroatoms. The highest BCUT2D eigenvalue weighted by molar-refractivity contribution is 8.00. The van der Waals surface area contributed by atoms with Gasteiger partial charge in [-0.25, -0.2) is 4.98 Å². The van der Waals surface area contributed by atoms with Crippen molar-refractivity contribution < 1.29 is 4.79 Å². The molecular formula is C21H17N3OS. The second kappa shape index (κ2) is 7.45. The van der Waals surface area contributed by atoms with E-state index in [2.05, 4.69) is 15.3 Å². The van der Waals surface area contributed by atoms with Gasteiger partial charge in [-0.05, 0) is 29.8 Å². The molecule has 4 aromatic rings. The summed E-state index contributed by atoms with van der Waals surface area (Å²) in [6.07, 6.45) is 0. The highest BCUT2D eigenvalue weighted by Crippen LogP contribution is 2.36. The molecule has 4 nitrogen and oxygen atoms in total. The monoisotopic (exact) mass is 359 g/mol. The number of rotatable bonds is 5. The zero-order valence-electron chi connectivity index (χ0n) is 13.9. The molecule has 0 bridgehead atoms. The van der Waals surface area contributed by atoms with Crippen molar-refractivity contribution in [3.8, 4) is 0 Å². The number of aromatic amines is 1. The van der Waals surface area contributed by atoms with Crippen LogP contribution in [0.4, 0.5) is 5.95 Å². The number of nitrogens with one attached hydrogen (secondary N) is 2. The van der Waals surface area contributed by atoms with Crippen LogP contribution in [0.3, 0.4) is 0 Å². The van der Waals surface area contributed by atoms with Gasteiger partial charge in [0, 0.05) is 4.90 Å². The number of hydrogen-bond acceptors (Lipinski definition) is 3. The van der Waals surface area contributed by atoms with Crippen molar-refractivity contribution in [2.24, 2.45) is 0 Å². The molecule has 1 atom stereocenters. The van der Waals surface area contributed by atoms with Crippen LogP contribution in [-0.2, 0) is 4.79 Å². The molecule has 1 heterocycles. The molecule has 1 amide bonds. The Labute approximate surface area is 155 Å². The van der Waals surface area contributed by atoms with E-state index in [4.69, 9.17) is 0 Å². The number of thioether (sulfide) groups is 1. The summed E-state index contributed by atoms with van der Waals surface area (Å²) >= 11 is 1.52. The Morgan fingerprint density at radius 1 is 0.885 bits per heavy atom. The Balaban J connectivity index is 1.61. The first kappa shape index (κ1) is 16.4. The third-order valence-corrected chi connectivity index (χ3v) is 5.23. The highest BCUT2D eigenvalue weighted by Gasteiger charge is 2.23. The zero-order valence-corrected chi connectivity index (χ0v) is 14.7. The Morgan fingerprint density at radius 3 is 2.27 bits per heavy atom. The first-order valence-corrected chi connectivity index (χ1v) is 9.20. The zero-order chi connectivity index (χ0) is 17.8. The second-order valence-electron chi connectivity index (χ2n) is 5.81. The van der Waals surface area contributed by atoms with Crippen molar-refractivity contribution in [1.29, 1.82) is 0 Å². The summed E-state index contributed by atoms with van der Waals surface area (Å²) in [6, 6.07) is 27.4. The SMILES string of the molecule is O=C(Nc1nc2ccccc2[nH]1)[C@H](Sc1ccccc1)c1ccccc1. The maximum absolute atomic E-state index is 13.0. The Morgan fingerprint density at radius 2 is 1.54 bits per heavy atom. The first-order chi connectivity index (χ1) is 12.8. The maximum Gasteiger partial charge on any atom is 0.244 e. The van der Waals surface area contributed by atoms with E-state index in [0.29, 0.717) is 5.95 Å². The van der Waals surface area contributed by atoms with Crippen LogP contribution in [0.1, 0.15) is 10.8 Å². The van der Waals surface area contributed by atoms with E-state index in [1.165, 1.54) is 11.8 Å². The van der Waals surface area contributed by atoms with Crippen molar-refractivity contribution >= 4 is 34.7 Å². The number of carbonyl (C=O) groups is 1. The molecule has 0 aliphatic rings. The van der Waals surface area contributed by atoms with Gasteiger partial charge in [-0.3, -0.25) is 10.1 Å². The summed E-state index contributed by atoms with van der Waals surface area (Å²) in [6.45, 7) is 0. The number of hydrogen-bond donors (Lipinski definition) is 2. The molecular weight excluding hydrogens is 342 g/mol. The maximum atomic E-state index is 13.0. The van der Waals surface area contributed by atoms with Gasteiger partial charge in [0.15, 0.2) is 0 Å². The van der Waals surface area contributed by atoms with Crippen LogP contribution in [0.25, 0.3) is 11.0 Å². The van der Waals surface area contributed by atoms with Crippen molar-refractivity contribution in [1.82, 2.24) is 9.97 Å². The van der Waals surface area contributed by atoms with Crippen LogP contribution in [0.2, 0.25) is 0 Å². The summed E-state index contributed by atoms with van der Waals surface area (Å²) in [7, 11) is 0. The number of imidazole rings is 1. The number of aromatic nitrogens is 2. The van der Waals surface area contributed by atoms with E-state index in [1.54, 1.807) is 0 Å². The minimum absolute atomic E-state index is 0.107. The Bertz CT molecular complexity index is 982. The van der Waals surface area contributed by atoms with Gasteiger partial charge >= 0.3 is 0 Å². The van der Waals surface area contributed by atoms with Crippen LogP contribution in [0.15, 0.2) is 89.8 Å². The minimum Gasteiger partial charge on any atom is -0.324 e. The van der Waals surface area contributed by atoms with Crippen molar-refractivity contribution in [3.63, 3.8) is 0 Å². The predicted molar refractivity (Wildman–Crippen MR) is 106 cm³/mol. The molecule has 0 aliphatic heterocycles. The number of benzene rings is 3. The fourth-order valence-corrected chi connectivity index (χ4v) is 3.78. The van der Waals surface area contributed by atoms with Gasteiger partial charge in [0.05, 0.1) is 11.0 Å². The van der Waals surface area contributed by atoms with Gasteiger partial charge in [-0.15, -0.1) is 11.8 Å². The smallest absolute Gasteiger partial charge is 0.244 e. The number of amides is 1. The van der Waals surface area contributed by atoms with Crippen LogP contribution < -0.4 is 5.32 Å². The van der Waals surface area contributed by atoms with E-state index in [9.17, 15) is 4.79 Å². The third-order valence-electron chi connectivity index (χ3n) is 3.97. The average molecular weight is 359 g/mol. The van der Waals surface area contributed by atoms with Crippen LogP contribution in [-0.4, -0.2) is 15.9 Å². The van der Waals surface area contributed by atoms with Crippen LogP contribution >= 0.6 is 11.8 Å². The molecule has 128 valence electrons. The molecule has 0 saturated carbocycles. The van der Waals surface area contributed by atoms with Gasteiger partial charge in [-0.2, -0.15) is 0 Å². The Kier molecular flexibility index (Phi) is 4.71. The molecule has 2 N–H and O–H groups in total. The lowest BCUT2D eigenvalue weighted by atomic mass is 10.1. The molecule has 0 aliphatic carbocycles. The Hall–Kier alpha value is -3.05. The number of nitrogens with zero attached hydrogens (tertiary/aromatic N) is 1. The van der Waals surface area contributed by atoms with E-state index < -0.39 is 0 Å². The van der Waals surface area contributed by atoms with Gasteiger partial charge in [0.1, 0.15) is 5.25 Å². The summed E-state index contributed by atoms with van der Waals surface area (Å²) in [4.78, 5) is 21.6. The van der Waals surface area contributed by atoms with Gasteiger partial charge in [0.2, 0.25) is 11.9 Å². The van der Waals surface area contributed by atoms with Gasteiger partial charge in [0.25, 0.3) is 0 Å². The molecule has 0 spiro atoms. The number of para-hydroxylation sites is 2. The minimum atomic E-state index is -0.369. The highest BCUT2D eigenvalue weighted by atomic mass is 32.2. The lowest BCUT2D eigenvalue weighted by Gasteiger charge is -2.16. The standard InChI is InChI=1S/C21H17N3OS/c25-20(24-21-22-17-13-7-8-14-18(17)23-21)19(15-9-3-1-4-10-15)26-16-11-5-2-6-12-16/h1-14,19H,(H2,22,23,24,25)/t19-/m1/s1. The van der Waals surface area contributed by atoms with Crippen molar-refractivity contribution in [2.75, 3.05) is 5.32 Å². The number of fused-ring (bicyclic) bond motifs is 1. The van der Waals surface area contributed by atoms with E-state index in [1.807, 2.05) is 84.9 Å². The molecule has 4 rings (SSSR count). The lowest BCUT2D eigenvalue weighted by molar-refractivity contribution is -0.115. The summed E-state index contributed by atoms with van der Waals surface area (Å²) in [5.41, 5.74) is 2.68. The van der Waals surface area contributed by atoms with E-state index in [0.717, 1.165) is 21.5 Å². The molecule has 26 heavy (non-hydrogen) atoms. The van der Waals surface area contributed by atoms with Crippen molar-refractivity contribution in [2.45, 2.75) is 10.1 Å². The van der Waals surface area contributed by atoms with Crippen molar-refractivity contribution in [3.05, 3.63) is 90.5 Å². The normalized spacial score (nSPS) is 12.0. The van der Waals surface area contributed by atoms with Crippen LogP contribution in [0.5, 0.6) is 0 Å². The van der Waals surface area contributed by atoms with Gasteiger partial charge in [-0.1, -0.05) is 60.7 Å². The molecule has 0 unspecified atom stereocenters. The average Bonchev–Trinajstić information content (AvgIpc) is 3.09. The summed E-state index contributed by atoms with van der Waals surface area (Å²) in [5, 5.41) is 2.56. The topological polar surface area (TPSA) is 57.8 Å². The van der Waals surface area contributed by atoms with Crippen LogP contribution in [0, 0.1) is 0 Å². The third kappa shape index (κ3) is 3.63. The predicted octanol–water partition coefficient (Wildman–Crippen LogP) is 5.04. The molecule has 0 radical (unpaired) electrons. The largest absolute Gasteiger partial charge is 0.324 e. The number of H-pyrrole nitrogens is 1. The molecule has 0 fully saturated rings. The summed E-state index contributed by atoms with van der Waals surface area (Å²) in [5.74, 6) is 0.356. The molecule has 1 aromatic heterocycles. The van der Waals surface area contributed by atoms with E-state index >= 15 is 0 Å². The number of carbonyl (C=O) groups excluding carboxylic acids is 1. The fourth-order valence-electron chi connectivity index (χ4n) is 2.73. The first-order valence-electron chi connectivity index (χ1n) is 8.32. The van der Waals surface area contributed by atoms with E-state index in [-0.39, 0.29) is 11.2 Å². The number of anilines is 1. The van der Waals surface area contributed by atoms with Gasteiger partial charge < -0.3 is 4.98 Å². The molecule has 0 saturated heterocycles. The molecule has 3 aromatic carbocycles. The second-order valence-corrected chi connectivity index (χ2v) is 6.99. The summed E-state index contributed by atoms with van der Waals surface area (Å²) < 4.78 is 0.